The molecule has 0 amide bonds. The molecule has 0 unspecified atom stereocenters. The zero-order chi connectivity index (χ0) is 24.8. The topological polar surface area (TPSA) is 0 Å². The molecule has 0 aromatic heterocycles. The Morgan fingerprint density at radius 2 is 0.500 bits per heavy atom. The first-order valence-corrected chi connectivity index (χ1v) is 13.3. The molecule has 0 aliphatic heterocycles. The molecule has 0 spiro atoms. The highest BCUT2D eigenvalue weighted by Gasteiger charge is 2.28. The molecule has 0 N–H and O–H groups in total. The van der Waals surface area contributed by atoms with Crippen LogP contribution in [0.4, 0.5) is 0 Å². The Kier molecular flexibility index (Phi) is 3.88. The average Bonchev–Trinajstić information content (AvgIpc) is 2.98. The van der Waals surface area contributed by atoms with E-state index < -0.39 is 0 Å². The van der Waals surface area contributed by atoms with Crippen molar-refractivity contribution in [2.45, 2.75) is 0 Å². The second kappa shape index (κ2) is 7.31. The van der Waals surface area contributed by atoms with E-state index in [1.54, 1.807) is 0 Å². The van der Waals surface area contributed by atoms with Crippen LogP contribution in [0.5, 0.6) is 0 Å². The summed E-state index contributed by atoms with van der Waals surface area (Å²) in [5.74, 6) is 0. The highest BCUT2D eigenvalue weighted by Crippen LogP contribution is 2.57. The summed E-state index contributed by atoms with van der Waals surface area (Å²) in [6, 6.07) is 48.9. The number of fused-ring (bicyclic) bond motifs is 14. The van der Waals surface area contributed by atoms with Crippen molar-refractivity contribution in [3.05, 3.63) is 133 Å². The van der Waals surface area contributed by atoms with Crippen molar-refractivity contribution < 1.29 is 0 Å². The lowest BCUT2D eigenvalue weighted by Crippen LogP contribution is -1.99. The lowest BCUT2D eigenvalue weighted by Gasteiger charge is -2.27. The Balaban J connectivity index is 1.68. The summed E-state index contributed by atoms with van der Waals surface area (Å²) < 4.78 is 0. The smallest absolute Gasteiger partial charge is 0.0000933 e. The molecule has 0 bridgehead atoms. The predicted octanol–water partition coefficient (Wildman–Crippen LogP) is 10.8. The quantitative estimate of drug-likeness (QED) is 0.217. The molecule has 0 saturated heterocycles. The van der Waals surface area contributed by atoms with Crippen molar-refractivity contribution >= 4 is 64.6 Å². The number of rotatable bonds is 2. The largest absolute Gasteiger partial charge is 0.0622 e. The number of hydrogen-bond donors (Lipinski definition) is 0. The van der Waals surface area contributed by atoms with Crippen molar-refractivity contribution in [1.29, 1.82) is 0 Å². The number of hydrogen-bond acceptors (Lipinski definition) is 0. The van der Waals surface area contributed by atoms with Crippen LogP contribution in [0, 0.1) is 0 Å². The van der Waals surface area contributed by atoms with Crippen LogP contribution < -0.4 is 0 Å². The van der Waals surface area contributed by atoms with Gasteiger partial charge in [-0.15, -0.1) is 0 Å². The summed E-state index contributed by atoms with van der Waals surface area (Å²) in [5.41, 5.74) is 5.18. The molecule has 38 heavy (non-hydrogen) atoms. The summed E-state index contributed by atoms with van der Waals surface area (Å²) in [6.07, 6.45) is 0. The van der Waals surface area contributed by atoms with Gasteiger partial charge in [0.2, 0.25) is 0 Å². The molecule has 9 aromatic rings. The molecule has 0 nitrogen and oxygen atoms in total. The van der Waals surface area contributed by atoms with Crippen LogP contribution in [0.3, 0.4) is 0 Å². The molecule has 9 aromatic carbocycles. The number of benzene rings is 7. The van der Waals surface area contributed by atoms with E-state index in [9.17, 15) is 0 Å². The van der Waals surface area contributed by atoms with Gasteiger partial charge < -0.3 is 0 Å². The van der Waals surface area contributed by atoms with Crippen LogP contribution in [0.1, 0.15) is 0 Å². The van der Waals surface area contributed by atoms with Crippen molar-refractivity contribution in [2.75, 3.05) is 0 Å². The summed E-state index contributed by atoms with van der Waals surface area (Å²) in [6.45, 7) is 0. The van der Waals surface area contributed by atoms with E-state index in [2.05, 4.69) is 133 Å². The molecule has 0 atom stereocenters. The third-order valence-corrected chi connectivity index (χ3v) is 8.52. The zero-order valence-electron chi connectivity index (χ0n) is 20.7. The standard InChI is InChI=1S/C38H22/c1-3-13-23(14-4-1)31-25-17-7-8-18-26(25)36-34-28-20-10-9-19-27(28)33(34)35-29-21-11-12-22-30(29)37(35)38(36)32(31)24-15-5-2-6-16-24/h1-22H. The van der Waals surface area contributed by atoms with Crippen molar-refractivity contribution in [3.8, 4) is 22.3 Å². The maximum absolute atomic E-state index is 2.33. The molecule has 0 heterocycles. The van der Waals surface area contributed by atoms with E-state index in [4.69, 9.17) is 0 Å². The van der Waals surface area contributed by atoms with Gasteiger partial charge in [0.1, 0.15) is 0 Å². The molecule has 0 aliphatic carbocycles. The van der Waals surface area contributed by atoms with E-state index in [0.29, 0.717) is 0 Å². The van der Waals surface area contributed by atoms with Crippen molar-refractivity contribution in [2.24, 2.45) is 0 Å². The second-order valence-electron chi connectivity index (χ2n) is 10.4. The Morgan fingerprint density at radius 3 is 0.921 bits per heavy atom. The fourth-order valence-corrected chi connectivity index (χ4v) is 7.04. The van der Waals surface area contributed by atoms with Gasteiger partial charge in [0.15, 0.2) is 0 Å². The molecule has 0 fully saturated rings. The summed E-state index contributed by atoms with van der Waals surface area (Å²) in [5, 5.41) is 16.6. The van der Waals surface area contributed by atoms with E-state index in [-0.39, 0.29) is 0 Å². The summed E-state index contributed by atoms with van der Waals surface area (Å²) >= 11 is 0. The highest BCUT2D eigenvalue weighted by atomic mass is 14.3. The minimum absolute atomic E-state index is 1.26. The van der Waals surface area contributed by atoms with Gasteiger partial charge in [-0.25, -0.2) is 0 Å². The maximum atomic E-state index is 2.33. The van der Waals surface area contributed by atoms with Crippen molar-refractivity contribution in [1.82, 2.24) is 0 Å². The molecule has 0 radical (unpaired) electrons. The Morgan fingerprint density at radius 1 is 0.211 bits per heavy atom. The predicted molar refractivity (Wildman–Crippen MR) is 165 cm³/mol. The fraction of sp³-hybridized carbons (Fsp3) is 0. The second-order valence-corrected chi connectivity index (χ2v) is 10.4. The van der Waals surface area contributed by atoms with Crippen LogP contribution in [0.2, 0.25) is 0 Å². The molecule has 0 heteroatoms. The first kappa shape index (κ1) is 20.2. The van der Waals surface area contributed by atoms with E-state index in [1.807, 2.05) is 0 Å². The Bertz CT molecular complexity index is 2310. The lowest BCUT2D eigenvalue weighted by molar-refractivity contribution is 1.63. The zero-order valence-corrected chi connectivity index (χ0v) is 20.7. The minimum atomic E-state index is 1.26. The van der Waals surface area contributed by atoms with Gasteiger partial charge in [-0.1, -0.05) is 133 Å². The molecular weight excluding hydrogens is 456 g/mol. The Labute approximate surface area is 220 Å². The average molecular weight is 479 g/mol. The van der Waals surface area contributed by atoms with E-state index >= 15 is 0 Å². The third kappa shape index (κ3) is 2.40. The van der Waals surface area contributed by atoms with Crippen LogP contribution in [0.25, 0.3) is 86.9 Å². The van der Waals surface area contributed by atoms with E-state index in [0.717, 1.165) is 0 Å². The van der Waals surface area contributed by atoms with Crippen LogP contribution >= 0.6 is 0 Å². The summed E-state index contributed by atoms with van der Waals surface area (Å²) in [7, 11) is 0. The Hall–Kier alpha value is -4.94. The van der Waals surface area contributed by atoms with Crippen LogP contribution in [-0.4, -0.2) is 0 Å². The van der Waals surface area contributed by atoms with Crippen LogP contribution in [-0.2, 0) is 0 Å². The third-order valence-electron chi connectivity index (χ3n) is 8.52. The molecule has 0 aliphatic rings. The lowest BCUT2D eigenvalue weighted by atomic mass is 9.75. The minimum Gasteiger partial charge on any atom is -0.0622 e. The molecule has 174 valence electrons. The van der Waals surface area contributed by atoms with Gasteiger partial charge in [-0.3, -0.25) is 0 Å². The first-order valence-electron chi connectivity index (χ1n) is 13.3. The van der Waals surface area contributed by atoms with Gasteiger partial charge in [-0.2, -0.15) is 0 Å². The fourth-order valence-electron chi connectivity index (χ4n) is 7.04. The van der Waals surface area contributed by atoms with E-state index in [1.165, 1.54) is 86.9 Å². The van der Waals surface area contributed by atoms with Crippen LogP contribution in [0.15, 0.2) is 133 Å². The van der Waals surface area contributed by atoms with Crippen molar-refractivity contribution in [3.63, 3.8) is 0 Å². The van der Waals surface area contributed by atoms with Gasteiger partial charge in [0.05, 0.1) is 0 Å². The highest BCUT2D eigenvalue weighted by molar-refractivity contribution is 6.54. The monoisotopic (exact) mass is 478 g/mol. The summed E-state index contributed by atoms with van der Waals surface area (Å²) in [4.78, 5) is 0. The molecule has 9 rings (SSSR count). The first-order chi connectivity index (χ1) is 18.9. The molecule has 0 saturated carbocycles. The van der Waals surface area contributed by atoms with Gasteiger partial charge >= 0.3 is 0 Å². The van der Waals surface area contributed by atoms with Gasteiger partial charge in [0, 0.05) is 0 Å². The molecular formula is C38H22. The van der Waals surface area contributed by atoms with Gasteiger partial charge in [-0.05, 0) is 86.9 Å². The maximum Gasteiger partial charge on any atom is -0.0000933 e. The normalized spacial score (nSPS) is 12.2. The van der Waals surface area contributed by atoms with Gasteiger partial charge in [0.25, 0.3) is 0 Å². The SMILES string of the molecule is c1ccc(-c2c(-c3ccccc3)c3c(c4ccccc24)c2c4ccccc4c2c2c4ccccc4c32)cc1.